The lowest BCUT2D eigenvalue weighted by atomic mass is 10.1. The number of hydrogen-bond acceptors (Lipinski definition) is 5. The van der Waals surface area contributed by atoms with Crippen LogP contribution in [0.2, 0.25) is 0 Å². The molecule has 1 heterocycles. The van der Waals surface area contributed by atoms with Crippen molar-refractivity contribution in [2.24, 2.45) is 5.73 Å². The zero-order valence-electron chi connectivity index (χ0n) is 10.5. The summed E-state index contributed by atoms with van der Waals surface area (Å²) in [6.07, 6.45) is 5.15. The predicted molar refractivity (Wildman–Crippen MR) is 64.9 cm³/mol. The second kappa shape index (κ2) is 7.07. The maximum Gasteiger partial charge on any atom is 0.329 e. The molecule has 1 rings (SSSR count). The van der Waals surface area contributed by atoms with Crippen molar-refractivity contribution in [3.63, 3.8) is 0 Å². The van der Waals surface area contributed by atoms with Gasteiger partial charge in [-0.2, -0.15) is 0 Å². The maximum atomic E-state index is 11.0. The average Bonchev–Trinajstić information content (AvgIpc) is 2.79. The first-order valence-electron chi connectivity index (χ1n) is 6.10. The Labute approximate surface area is 106 Å². The molecule has 1 aromatic heterocycles. The first kappa shape index (κ1) is 14.6. The molecular weight excluding hydrogens is 236 g/mol. The fourth-order valence-corrected chi connectivity index (χ4v) is 1.79. The summed E-state index contributed by atoms with van der Waals surface area (Å²) >= 11 is 0. The molecule has 0 fully saturated rings. The van der Waals surface area contributed by atoms with Crippen molar-refractivity contribution in [2.45, 2.75) is 44.7 Å². The molecule has 4 N–H and O–H groups in total. The molecule has 0 saturated heterocycles. The van der Waals surface area contributed by atoms with E-state index >= 15 is 0 Å². The summed E-state index contributed by atoms with van der Waals surface area (Å²) in [6, 6.07) is -1.43. The van der Waals surface area contributed by atoms with Gasteiger partial charge >= 0.3 is 5.97 Å². The van der Waals surface area contributed by atoms with Gasteiger partial charge in [0.15, 0.2) is 11.9 Å². The Morgan fingerprint density at radius 2 is 2.28 bits per heavy atom. The number of carboxylic acid groups (broad SMARTS) is 1. The summed E-state index contributed by atoms with van der Waals surface area (Å²) in [5.41, 5.74) is 5.98. The largest absolute Gasteiger partial charge is 0.480 e. The van der Waals surface area contributed by atoms with Gasteiger partial charge < -0.3 is 15.9 Å². The summed E-state index contributed by atoms with van der Waals surface area (Å²) < 4.78 is 1.33. The molecular formula is C11H20N4O3. The van der Waals surface area contributed by atoms with Gasteiger partial charge in [-0.3, -0.25) is 4.57 Å². The molecule has 18 heavy (non-hydrogen) atoms. The number of rotatable bonds is 8. The summed E-state index contributed by atoms with van der Waals surface area (Å²) in [4.78, 5) is 11.0. The number of aliphatic hydroxyl groups excluding tert-OH is 1. The highest BCUT2D eigenvalue weighted by molar-refractivity contribution is 5.72. The highest BCUT2D eigenvalue weighted by Crippen LogP contribution is 2.18. The number of carboxylic acids is 1. The molecule has 0 radical (unpaired) electrons. The Bertz CT molecular complexity index is 380. The molecule has 2 atom stereocenters. The number of carbonyl (C=O) groups is 1. The number of aliphatic hydroxyl groups is 1. The SMILES string of the molecule is CCCCC[C@H](N)c1nncn1[C@@H](CO)C(=O)O. The standard InChI is InChI=1S/C11H20N4O3/c1-2-3-4-5-8(12)10-14-13-7-15(10)9(6-16)11(17)18/h7-9,16H,2-6,12H2,1H3,(H,17,18)/t8-,9-/m0/s1. The van der Waals surface area contributed by atoms with Crippen LogP contribution in [0.1, 0.15) is 50.5 Å². The molecule has 0 saturated carbocycles. The smallest absolute Gasteiger partial charge is 0.329 e. The molecule has 0 aliphatic rings. The number of aromatic nitrogens is 3. The molecule has 0 aromatic carbocycles. The summed E-state index contributed by atoms with van der Waals surface area (Å²) in [7, 11) is 0. The number of aliphatic carboxylic acids is 1. The molecule has 7 heteroatoms. The van der Waals surface area contributed by atoms with Crippen molar-refractivity contribution < 1.29 is 15.0 Å². The van der Waals surface area contributed by atoms with Crippen molar-refractivity contribution in [1.29, 1.82) is 0 Å². The van der Waals surface area contributed by atoms with Crippen LogP contribution in [0.25, 0.3) is 0 Å². The van der Waals surface area contributed by atoms with Crippen LogP contribution >= 0.6 is 0 Å². The molecule has 0 aliphatic heterocycles. The Morgan fingerprint density at radius 1 is 1.56 bits per heavy atom. The number of hydrogen-bond donors (Lipinski definition) is 3. The average molecular weight is 256 g/mol. The fourth-order valence-electron chi connectivity index (χ4n) is 1.79. The molecule has 0 aliphatic carbocycles. The molecule has 0 amide bonds. The Morgan fingerprint density at radius 3 is 2.83 bits per heavy atom. The van der Waals surface area contributed by atoms with E-state index in [0.717, 1.165) is 25.7 Å². The van der Waals surface area contributed by atoms with Crippen molar-refractivity contribution in [1.82, 2.24) is 14.8 Å². The van der Waals surface area contributed by atoms with Crippen LogP contribution in [0.5, 0.6) is 0 Å². The minimum Gasteiger partial charge on any atom is -0.480 e. The first-order chi connectivity index (χ1) is 8.61. The van der Waals surface area contributed by atoms with Crippen LogP contribution in [-0.4, -0.2) is 37.6 Å². The second-order valence-corrected chi connectivity index (χ2v) is 4.24. The van der Waals surface area contributed by atoms with Gasteiger partial charge in [-0.25, -0.2) is 4.79 Å². The molecule has 7 nitrogen and oxygen atoms in total. The minimum absolute atomic E-state index is 0.354. The topological polar surface area (TPSA) is 114 Å². The van der Waals surface area contributed by atoms with E-state index in [9.17, 15) is 4.79 Å². The van der Waals surface area contributed by atoms with Crippen LogP contribution in [0.15, 0.2) is 6.33 Å². The summed E-state index contributed by atoms with van der Waals surface area (Å²) in [5, 5.41) is 25.6. The molecule has 0 bridgehead atoms. The van der Waals surface area contributed by atoms with Crippen molar-refractivity contribution >= 4 is 5.97 Å². The van der Waals surface area contributed by atoms with Crippen LogP contribution in [0, 0.1) is 0 Å². The zero-order valence-corrected chi connectivity index (χ0v) is 10.5. The van der Waals surface area contributed by atoms with Crippen LogP contribution in [-0.2, 0) is 4.79 Å². The van der Waals surface area contributed by atoms with E-state index in [1.165, 1.54) is 10.9 Å². The van der Waals surface area contributed by atoms with Crippen LogP contribution < -0.4 is 5.73 Å². The zero-order chi connectivity index (χ0) is 13.5. The lowest BCUT2D eigenvalue weighted by Crippen LogP contribution is -2.26. The third kappa shape index (κ3) is 3.51. The Hall–Kier alpha value is -1.47. The van der Waals surface area contributed by atoms with Gasteiger partial charge in [0, 0.05) is 0 Å². The summed E-state index contributed by atoms with van der Waals surface area (Å²) in [6.45, 7) is 1.59. The van der Waals surface area contributed by atoms with Crippen molar-refractivity contribution in [3.8, 4) is 0 Å². The van der Waals surface area contributed by atoms with E-state index in [-0.39, 0.29) is 6.04 Å². The van der Waals surface area contributed by atoms with Crippen molar-refractivity contribution in [3.05, 3.63) is 12.2 Å². The highest BCUT2D eigenvalue weighted by Gasteiger charge is 2.24. The first-order valence-corrected chi connectivity index (χ1v) is 6.10. The second-order valence-electron chi connectivity index (χ2n) is 4.24. The van der Waals surface area contributed by atoms with E-state index < -0.39 is 18.6 Å². The monoisotopic (exact) mass is 256 g/mol. The van der Waals surface area contributed by atoms with Crippen LogP contribution in [0.3, 0.4) is 0 Å². The third-order valence-corrected chi connectivity index (χ3v) is 2.84. The summed E-state index contributed by atoms with van der Waals surface area (Å²) in [5.74, 6) is -0.716. The van der Waals surface area contributed by atoms with E-state index in [0.29, 0.717) is 5.82 Å². The molecule has 0 unspecified atom stereocenters. The number of nitrogens with zero attached hydrogens (tertiary/aromatic N) is 3. The number of nitrogens with two attached hydrogens (primary N) is 1. The van der Waals surface area contributed by atoms with E-state index in [1.54, 1.807) is 0 Å². The Balaban J connectivity index is 2.77. The number of unbranched alkanes of at least 4 members (excludes halogenated alkanes) is 2. The van der Waals surface area contributed by atoms with Crippen molar-refractivity contribution in [2.75, 3.05) is 6.61 Å². The van der Waals surface area contributed by atoms with Gasteiger partial charge in [-0.15, -0.1) is 10.2 Å². The lowest BCUT2D eigenvalue weighted by molar-refractivity contribution is -0.142. The molecule has 1 aromatic rings. The predicted octanol–water partition coefficient (Wildman–Crippen LogP) is 0.476. The highest BCUT2D eigenvalue weighted by atomic mass is 16.4. The maximum absolute atomic E-state index is 11.0. The molecule has 0 spiro atoms. The van der Waals surface area contributed by atoms with Gasteiger partial charge in [-0.05, 0) is 6.42 Å². The van der Waals surface area contributed by atoms with Gasteiger partial charge in [0.25, 0.3) is 0 Å². The van der Waals surface area contributed by atoms with E-state index in [2.05, 4.69) is 17.1 Å². The normalized spacial score (nSPS) is 14.4. The van der Waals surface area contributed by atoms with Gasteiger partial charge in [0.05, 0.1) is 12.6 Å². The Kier molecular flexibility index (Phi) is 5.73. The lowest BCUT2D eigenvalue weighted by Gasteiger charge is -2.16. The third-order valence-electron chi connectivity index (χ3n) is 2.84. The van der Waals surface area contributed by atoms with Gasteiger partial charge in [0.1, 0.15) is 6.33 Å². The van der Waals surface area contributed by atoms with Gasteiger partial charge in [0.2, 0.25) is 0 Å². The molecule has 102 valence electrons. The van der Waals surface area contributed by atoms with Crippen LogP contribution in [0.4, 0.5) is 0 Å². The minimum atomic E-state index is -1.13. The quantitative estimate of drug-likeness (QED) is 0.583. The van der Waals surface area contributed by atoms with E-state index in [4.69, 9.17) is 15.9 Å². The fraction of sp³-hybridized carbons (Fsp3) is 0.727. The van der Waals surface area contributed by atoms with E-state index in [1.807, 2.05) is 0 Å². The van der Waals surface area contributed by atoms with Gasteiger partial charge in [-0.1, -0.05) is 26.2 Å².